The Kier molecular flexibility index (Phi) is 7.95. The lowest BCUT2D eigenvalue weighted by Gasteiger charge is -2.34. The van der Waals surface area contributed by atoms with Crippen LogP contribution in [-0.2, 0) is 22.3 Å². The van der Waals surface area contributed by atoms with E-state index in [2.05, 4.69) is 15.3 Å². The molecular formula is C24H26F3N5O4S. The monoisotopic (exact) mass is 537 g/mol. The van der Waals surface area contributed by atoms with Crippen molar-refractivity contribution in [3.63, 3.8) is 0 Å². The predicted octanol–water partition coefficient (Wildman–Crippen LogP) is 2.98. The summed E-state index contributed by atoms with van der Waals surface area (Å²) in [7, 11) is -3.80. The number of aryl methyl sites for hydroxylation is 1. The van der Waals surface area contributed by atoms with Crippen molar-refractivity contribution < 1.29 is 30.8 Å². The summed E-state index contributed by atoms with van der Waals surface area (Å²) in [4.78, 5) is 21.9. The number of amides is 1. The third-order valence-electron chi connectivity index (χ3n) is 5.91. The summed E-state index contributed by atoms with van der Waals surface area (Å²) < 4.78 is 70.4. The Morgan fingerprint density at radius 1 is 1.11 bits per heavy atom. The average Bonchev–Trinajstić information content (AvgIpc) is 3.22. The minimum atomic E-state index is -4.32. The average molecular weight is 538 g/mol. The molecule has 13 heteroatoms. The molecule has 1 saturated heterocycles. The van der Waals surface area contributed by atoms with Gasteiger partial charge in [-0.1, -0.05) is 6.07 Å². The maximum atomic E-state index is 12.9. The number of pyridine rings is 1. The van der Waals surface area contributed by atoms with Gasteiger partial charge >= 0.3 is 6.18 Å². The van der Waals surface area contributed by atoms with Gasteiger partial charge < -0.3 is 9.73 Å². The lowest BCUT2D eigenvalue weighted by Crippen LogP contribution is -2.51. The molecule has 0 unspecified atom stereocenters. The molecule has 0 saturated carbocycles. The van der Waals surface area contributed by atoms with Crippen LogP contribution in [0, 0.1) is 6.92 Å². The largest absolute Gasteiger partial charge is 0.441 e. The topological polar surface area (TPSA) is 109 Å². The van der Waals surface area contributed by atoms with Gasteiger partial charge in [0.25, 0.3) is 5.91 Å². The van der Waals surface area contributed by atoms with Gasteiger partial charge in [-0.3, -0.25) is 14.7 Å². The molecule has 3 aromatic rings. The van der Waals surface area contributed by atoms with Gasteiger partial charge in [-0.05, 0) is 42.8 Å². The van der Waals surface area contributed by atoms with Gasteiger partial charge in [0.2, 0.25) is 15.9 Å². The highest BCUT2D eigenvalue weighted by Gasteiger charge is 2.35. The molecule has 37 heavy (non-hydrogen) atoms. The fourth-order valence-electron chi connectivity index (χ4n) is 3.92. The fraction of sp³-hybridized carbons (Fsp3) is 0.375. The standard InChI is InChI=1S/C24H26F3N5O4S/c1-17-21(15-37(34,35)32-11-9-31(10-12-32)16-24(25,26)27)30-23(36-17)20-6-4-19(5-7-20)22(33)29-14-18-3-2-8-28-13-18/h2-8,13H,9-12,14-16H2,1H3,(H,29,33). The van der Waals surface area contributed by atoms with E-state index in [0.29, 0.717) is 23.4 Å². The molecule has 9 nitrogen and oxygen atoms in total. The second-order valence-electron chi connectivity index (χ2n) is 8.69. The lowest BCUT2D eigenvalue weighted by atomic mass is 10.1. The number of halogens is 3. The summed E-state index contributed by atoms with van der Waals surface area (Å²) >= 11 is 0. The summed E-state index contributed by atoms with van der Waals surface area (Å²) in [5.74, 6) is -0.148. The summed E-state index contributed by atoms with van der Waals surface area (Å²) in [6.07, 6.45) is -1.00. The number of alkyl halides is 3. The predicted molar refractivity (Wildman–Crippen MR) is 129 cm³/mol. The number of hydrogen-bond acceptors (Lipinski definition) is 7. The number of rotatable bonds is 8. The van der Waals surface area contributed by atoms with E-state index in [0.717, 1.165) is 5.56 Å². The van der Waals surface area contributed by atoms with E-state index in [4.69, 9.17) is 4.42 Å². The normalized spacial score (nSPS) is 15.6. The number of carbonyl (C=O) groups excluding carboxylic acids is 1. The Morgan fingerprint density at radius 3 is 2.43 bits per heavy atom. The lowest BCUT2D eigenvalue weighted by molar-refractivity contribution is -0.148. The van der Waals surface area contributed by atoms with Crippen molar-refractivity contribution in [2.75, 3.05) is 32.7 Å². The van der Waals surface area contributed by atoms with Gasteiger partial charge in [0, 0.05) is 56.2 Å². The second kappa shape index (κ2) is 11.0. The molecule has 1 aliphatic heterocycles. The van der Waals surface area contributed by atoms with Crippen molar-refractivity contribution in [3.05, 3.63) is 71.4 Å². The van der Waals surface area contributed by atoms with E-state index in [1.165, 1.54) is 9.21 Å². The first kappa shape index (κ1) is 26.8. The van der Waals surface area contributed by atoms with Crippen molar-refractivity contribution in [2.24, 2.45) is 0 Å². The zero-order chi connectivity index (χ0) is 26.6. The van der Waals surface area contributed by atoms with E-state index in [9.17, 15) is 26.4 Å². The number of benzene rings is 1. The Balaban J connectivity index is 1.36. The SMILES string of the molecule is Cc1oc(-c2ccc(C(=O)NCc3cccnc3)cc2)nc1CS(=O)(=O)N1CCN(CC(F)(F)F)CC1. The molecule has 3 heterocycles. The molecule has 0 aliphatic carbocycles. The molecule has 2 aromatic heterocycles. The van der Waals surface area contributed by atoms with Crippen LogP contribution in [-0.4, -0.2) is 72.4 Å². The van der Waals surface area contributed by atoms with Crippen LogP contribution in [0.3, 0.4) is 0 Å². The summed E-state index contributed by atoms with van der Waals surface area (Å²) in [5.41, 5.74) is 2.10. The highest BCUT2D eigenvalue weighted by molar-refractivity contribution is 7.88. The quantitative estimate of drug-likeness (QED) is 0.471. The first-order valence-electron chi connectivity index (χ1n) is 11.5. The molecule has 4 rings (SSSR count). The summed E-state index contributed by atoms with van der Waals surface area (Å²) in [6, 6.07) is 10.2. The Hall–Kier alpha value is -3.29. The molecule has 0 spiro atoms. The van der Waals surface area contributed by atoms with Gasteiger partial charge in [0.1, 0.15) is 11.5 Å². The fourth-order valence-corrected chi connectivity index (χ4v) is 5.44. The second-order valence-corrected chi connectivity index (χ2v) is 10.7. The number of nitrogens with one attached hydrogen (secondary N) is 1. The molecule has 1 fully saturated rings. The molecule has 1 N–H and O–H groups in total. The van der Waals surface area contributed by atoms with Crippen LogP contribution in [0.4, 0.5) is 13.2 Å². The number of sulfonamides is 1. The summed E-state index contributed by atoms with van der Waals surface area (Å²) in [5, 5.41) is 2.81. The van der Waals surface area contributed by atoms with Crippen molar-refractivity contribution >= 4 is 15.9 Å². The maximum Gasteiger partial charge on any atom is 0.401 e. The highest BCUT2D eigenvalue weighted by atomic mass is 32.2. The smallest absolute Gasteiger partial charge is 0.401 e. The van der Waals surface area contributed by atoms with E-state index in [-0.39, 0.29) is 43.7 Å². The number of carbonyl (C=O) groups is 1. The van der Waals surface area contributed by atoms with Crippen LogP contribution in [0.25, 0.3) is 11.5 Å². The molecule has 1 aromatic carbocycles. The van der Waals surface area contributed by atoms with E-state index >= 15 is 0 Å². The van der Waals surface area contributed by atoms with E-state index in [1.807, 2.05) is 6.07 Å². The van der Waals surface area contributed by atoms with Crippen LogP contribution in [0.15, 0.2) is 53.2 Å². The van der Waals surface area contributed by atoms with Gasteiger partial charge in [0.15, 0.2) is 0 Å². The van der Waals surface area contributed by atoms with E-state index < -0.39 is 28.5 Å². The van der Waals surface area contributed by atoms with Gasteiger partial charge in [-0.25, -0.2) is 13.4 Å². The first-order valence-corrected chi connectivity index (χ1v) is 13.1. The molecule has 0 bridgehead atoms. The number of oxazole rings is 1. The minimum absolute atomic E-state index is 0.00392. The van der Waals surface area contributed by atoms with Crippen LogP contribution < -0.4 is 5.32 Å². The Bertz CT molecular complexity index is 1320. The molecular weight excluding hydrogens is 511 g/mol. The van der Waals surface area contributed by atoms with Crippen molar-refractivity contribution in [1.82, 2.24) is 24.5 Å². The van der Waals surface area contributed by atoms with Crippen molar-refractivity contribution in [3.8, 4) is 11.5 Å². The zero-order valence-electron chi connectivity index (χ0n) is 20.0. The van der Waals surface area contributed by atoms with Gasteiger partial charge in [0.05, 0.1) is 12.2 Å². The van der Waals surface area contributed by atoms with Crippen LogP contribution in [0.2, 0.25) is 0 Å². The molecule has 0 atom stereocenters. The first-order chi connectivity index (χ1) is 17.5. The highest BCUT2D eigenvalue weighted by Crippen LogP contribution is 2.25. The third-order valence-corrected chi connectivity index (χ3v) is 7.70. The van der Waals surface area contributed by atoms with Crippen LogP contribution >= 0.6 is 0 Å². The zero-order valence-corrected chi connectivity index (χ0v) is 20.8. The maximum absolute atomic E-state index is 12.9. The number of hydrogen-bond donors (Lipinski definition) is 1. The molecule has 198 valence electrons. The van der Waals surface area contributed by atoms with Crippen molar-refractivity contribution in [2.45, 2.75) is 25.4 Å². The number of aromatic nitrogens is 2. The molecule has 1 amide bonds. The summed E-state index contributed by atoms with van der Waals surface area (Å²) in [6.45, 7) is 0.843. The number of piperazine rings is 1. The minimum Gasteiger partial charge on any atom is -0.441 e. The Labute approximate surface area is 212 Å². The van der Waals surface area contributed by atoms with E-state index in [1.54, 1.807) is 49.6 Å². The number of nitrogens with zero attached hydrogens (tertiary/aromatic N) is 4. The Morgan fingerprint density at radius 2 is 1.81 bits per heavy atom. The van der Waals surface area contributed by atoms with Gasteiger partial charge in [-0.2, -0.15) is 17.5 Å². The van der Waals surface area contributed by atoms with Crippen LogP contribution in [0.1, 0.15) is 27.4 Å². The van der Waals surface area contributed by atoms with Gasteiger partial charge in [-0.15, -0.1) is 0 Å². The molecule has 1 aliphatic rings. The van der Waals surface area contributed by atoms with Crippen molar-refractivity contribution in [1.29, 1.82) is 0 Å². The van der Waals surface area contributed by atoms with Crippen LogP contribution in [0.5, 0.6) is 0 Å². The molecule has 0 radical (unpaired) electrons. The third kappa shape index (κ3) is 7.14.